The van der Waals surface area contributed by atoms with Crippen LogP contribution in [0.1, 0.15) is 23.7 Å². The van der Waals surface area contributed by atoms with Gasteiger partial charge in [0.15, 0.2) is 8.38 Å². The smallest absolute Gasteiger partial charge is 0.180 e. The molecule has 18 heavy (non-hydrogen) atoms. The molecule has 0 aliphatic rings. The van der Waals surface area contributed by atoms with E-state index in [9.17, 15) is 4.89 Å². The van der Waals surface area contributed by atoms with E-state index in [1.807, 2.05) is 67.6 Å². The van der Waals surface area contributed by atoms with Crippen LogP contribution in [0.4, 0.5) is 0 Å². The van der Waals surface area contributed by atoms with Crippen LogP contribution >= 0.6 is 8.38 Å². The first-order valence-corrected chi connectivity index (χ1v) is 7.32. The highest BCUT2D eigenvalue weighted by molar-refractivity contribution is 7.46. The Morgan fingerprint density at radius 1 is 0.944 bits per heavy atom. The van der Waals surface area contributed by atoms with Crippen molar-refractivity contribution in [2.24, 2.45) is 0 Å². The normalized spacial score (nSPS) is 12.6. The lowest BCUT2D eigenvalue weighted by Crippen LogP contribution is -2.01. The summed E-state index contributed by atoms with van der Waals surface area (Å²) >= 11 is 0. The summed E-state index contributed by atoms with van der Waals surface area (Å²) in [5.74, 6) is 0. The second-order valence-corrected chi connectivity index (χ2v) is 5.32. The van der Waals surface area contributed by atoms with Crippen LogP contribution < -0.4 is 0 Å². The Kier molecular flexibility index (Phi) is 4.89. The van der Waals surface area contributed by atoms with Gasteiger partial charge in [-0.2, -0.15) is 0 Å². The minimum Gasteiger partial charge on any atom is -0.349 e. The van der Waals surface area contributed by atoms with Crippen LogP contribution in [0.15, 0.2) is 60.7 Å². The largest absolute Gasteiger partial charge is 0.349 e. The average molecular weight is 260 g/mol. The van der Waals surface area contributed by atoms with Crippen LogP contribution in [-0.2, 0) is 4.52 Å². The first kappa shape index (κ1) is 13.2. The lowest BCUT2D eigenvalue weighted by Gasteiger charge is -2.22. The SMILES string of the molecule is CCOP(O)C(c1ccccc1)c1ccccc1. The molecule has 0 spiro atoms. The molecule has 0 saturated carbocycles. The second kappa shape index (κ2) is 6.65. The number of rotatable bonds is 5. The van der Waals surface area contributed by atoms with Gasteiger partial charge in [0, 0.05) is 0 Å². The Bertz CT molecular complexity index is 419. The van der Waals surface area contributed by atoms with E-state index >= 15 is 0 Å². The van der Waals surface area contributed by atoms with E-state index in [1.54, 1.807) is 0 Å². The van der Waals surface area contributed by atoms with Crippen molar-refractivity contribution < 1.29 is 9.42 Å². The van der Waals surface area contributed by atoms with E-state index in [0.717, 1.165) is 11.1 Å². The van der Waals surface area contributed by atoms with Crippen molar-refractivity contribution in [1.82, 2.24) is 0 Å². The Balaban J connectivity index is 2.35. The van der Waals surface area contributed by atoms with Gasteiger partial charge in [-0.3, -0.25) is 0 Å². The van der Waals surface area contributed by atoms with E-state index in [1.165, 1.54) is 0 Å². The van der Waals surface area contributed by atoms with Crippen molar-refractivity contribution in [3.63, 3.8) is 0 Å². The lowest BCUT2D eigenvalue weighted by atomic mass is 10.0. The summed E-state index contributed by atoms with van der Waals surface area (Å²) in [6, 6.07) is 20.0. The fraction of sp³-hybridized carbons (Fsp3) is 0.200. The van der Waals surface area contributed by atoms with Gasteiger partial charge >= 0.3 is 0 Å². The highest BCUT2D eigenvalue weighted by Gasteiger charge is 2.24. The molecule has 3 heteroatoms. The molecule has 0 bridgehead atoms. The third-order valence-electron chi connectivity index (χ3n) is 2.71. The summed E-state index contributed by atoms with van der Waals surface area (Å²) in [5.41, 5.74) is 2.10. The molecule has 0 aliphatic heterocycles. The van der Waals surface area contributed by atoms with E-state index in [-0.39, 0.29) is 5.66 Å². The minimum absolute atomic E-state index is 0.0812. The van der Waals surface area contributed by atoms with Crippen LogP contribution in [0.3, 0.4) is 0 Å². The number of hydrogen-bond acceptors (Lipinski definition) is 2. The average Bonchev–Trinajstić information content (AvgIpc) is 2.42. The van der Waals surface area contributed by atoms with Crippen LogP contribution in [0.25, 0.3) is 0 Å². The molecule has 2 rings (SSSR count). The molecule has 1 unspecified atom stereocenters. The maximum absolute atomic E-state index is 10.3. The van der Waals surface area contributed by atoms with Crippen molar-refractivity contribution in [3.05, 3.63) is 71.8 Å². The lowest BCUT2D eigenvalue weighted by molar-refractivity contribution is 0.325. The van der Waals surface area contributed by atoms with Crippen molar-refractivity contribution in [2.75, 3.05) is 6.61 Å². The quantitative estimate of drug-likeness (QED) is 0.819. The minimum atomic E-state index is -1.50. The zero-order valence-electron chi connectivity index (χ0n) is 10.4. The number of hydrogen-bond donors (Lipinski definition) is 1. The second-order valence-electron chi connectivity index (χ2n) is 3.94. The van der Waals surface area contributed by atoms with Crippen LogP contribution in [0.2, 0.25) is 0 Å². The molecule has 0 heterocycles. The maximum Gasteiger partial charge on any atom is 0.180 e. The van der Waals surface area contributed by atoms with Gasteiger partial charge in [-0.05, 0) is 18.1 Å². The van der Waals surface area contributed by atoms with Gasteiger partial charge in [0.1, 0.15) is 0 Å². The molecule has 2 nitrogen and oxygen atoms in total. The molecule has 0 aliphatic carbocycles. The Labute approximate surface area is 109 Å². The zero-order valence-corrected chi connectivity index (χ0v) is 11.3. The van der Waals surface area contributed by atoms with E-state index in [4.69, 9.17) is 4.52 Å². The summed E-state index contributed by atoms with van der Waals surface area (Å²) in [7, 11) is -1.50. The van der Waals surface area contributed by atoms with Crippen molar-refractivity contribution in [3.8, 4) is 0 Å². The summed E-state index contributed by atoms with van der Waals surface area (Å²) in [6.45, 7) is 2.43. The molecule has 1 atom stereocenters. The Morgan fingerprint density at radius 3 is 1.78 bits per heavy atom. The predicted octanol–water partition coefficient (Wildman–Crippen LogP) is 4.12. The molecular formula is C15H17O2P. The standard InChI is InChI=1S/C15H17O2P/c1-2-17-18(16)15(13-9-5-3-6-10-13)14-11-7-4-8-12-14/h3-12,15-16H,2H2,1H3. The Morgan fingerprint density at radius 2 is 1.39 bits per heavy atom. The summed E-state index contributed by atoms with van der Waals surface area (Å²) < 4.78 is 5.43. The van der Waals surface area contributed by atoms with Crippen molar-refractivity contribution >= 4 is 8.38 Å². The molecule has 0 aromatic heterocycles. The summed E-state index contributed by atoms with van der Waals surface area (Å²) in [5, 5.41) is 0. The molecule has 0 radical (unpaired) electrons. The van der Waals surface area contributed by atoms with E-state index < -0.39 is 8.38 Å². The van der Waals surface area contributed by atoms with E-state index in [0.29, 0.717) is 6.61 Å². The number of benzene rings is 2. The fourth-order valence-electron chi connectivity index (χ4n) is 1.92. The first-order chi connectivity index (χ1) is 8.83. The third kappa shape index (κ3) is 3.17. The highest BCUT2D eigenvalue weighted by atomic mass is 31.2. The van der Waals surface area contributed by atoms with Crippen molar-refractivity contribution in [1.29, 1.82) is 0 Å². The van der Waals surface area contributed by atoms with Crippen molar-refractivity contribution in [2.45, 2.75) is 12.6 Å². The molecular weight excluding hydrogens is 243 g/mol. The molecule has 1 N–H and O–H groups in total. The van der Waals surface area contributed by atoms with Gasteiger partial charge in [0.2, 0.25) is 0 Å². The van der Waals surface area contributed by atoms with E-state index in [2.05, 4.69) is 0 Å². The zero-order chi connectivity index (χ0) is 12.8. The molecule has 94 valence electrons. The fourth-order valence-corrected chi connectivity index (χ4v) is 3.19. The Hall–Kier alpha value is -1.21. The molecule has 0 amide bonds. The molecule has 0 fully saturated rings. The molecule has 2 aromatic carbocycles. The predicted molar refractivity (Wildman–Crippen MR) is 75.5 cm³/mol. The molecule has 2 aromatic rings. The summed E-state index contributed by atoms with van der Waals surface area (Å²) in [6.07, 6.45) is 0. The van der Waals surface area contributed by atoms with Gasteiger partial charge < -0.3 is 9.42 Å². The monoisotopic (exact) mass is 260 g/mol. The van der Waals surface area contributed by atoms with Gasteiger partial charge in [-0.25, -0.2) is 0 Å². The topological polar surface area (TPSA) is 29.5 Å². The molecule has 0 saturated heterocycles. The van der Waals surface area contributed by atoms with Gasteiger partial charge in [0.05, 0.1) is 12.3 Å². The third-order valence-corrected chi connectivity index (χ3v) is 4.27. The first-order valence-electron chi connectivity index (χ1n) is 6.04. The van der Waals surface area contributed by atoms with Gasteiger partial charge in [-0.1, -0.05) is 60.7 Å². The van der Waals surface area contributed by atoms with Crippen LogP contribution in [0.5, 0.6) is 0 Å². The van der Waals surface area contributed by atoms with Gasteiger partial charge in [0.25, 0.3) is 0 Å². The summed E-state index contributed by atoms with van der Waals surface area (Å²) in [4.78, 5) is 10.3. The van der Waals surface area contributed by atoms with Crippen LogP contribution in [0, 0.1) is 0 Å². The maximum atomic E-state index is 10.3. The van der Waals surface area contributed by atoms with Gasteiger partial charge in [-0.15, -0.1) is 0 Å². The highest BCUT2D eigenvalue weighted by Crippen LogP contribution is 2.52. The van der Waals surface area contributed by atoms with Crippen LogP contribution in [-0.4, -0.2) is 11.5 Å².